The van der Waals surface area contributed by atoms with Crippen molar-refractivity contribution in [2.45, 2.75) is 19.7 Å². The Morgan fingerprint density at radius 2 is 1.18 bits per heavy atom. The van der Waals surface area contributed by atoms with Gasteiger partial charge in [0.1, 0.15) is 0 Å². The summed E-state index contributed by atoms with van der Waals surface area (Å²) in [6.45, 7) is 2.21. The minimum Gasteiger partial charge on any atom is -0.248 e. The van der Waals surface area contributed by atoms with Crippen LogP contribution in [0.15, 0.2) is 158 Å². The van der Waals surface area contributed by atoms with Crippen molar-refractivity contribution in [2.75, 3.05) is 0 Å². The Bertz CT molecular complexity index is 2690. The second-order valence-corrected chi connectivity index (χ2v) is 13.9. The van der Waals surface area contributed by atoms with Crippen LogP contribution in [0.4, 0.5) is 0 Å². The molecule has 51 heavy (non-hydrogen) atoms. The van der Waals surface area contributed by atoms with Crippen LogP contribution in [0.3, 0.4) is 0 Å². The highest BCUT2D eigenvalue weighted by molar-refractivity contribution is 7.26. The Hall–Kier alpha value is -5.91. The molecular weight excluding hydrogens is 637 g/mol. The summed E-state index contributed by atoms with van der Waals surface area (Å²) in [5.41, 5.74) is 11.4. The molecule has 0 unspecified atom stereocenters. The molecule has 3 heterocycles. The minimum atomic E-state index is 0.697. The predicted octanol–water partition coefficient (Wildman–Crippen LogP) is 11.9. The van der Waals surface area contributed by atoms with E-state index < -0.39 is 0 Å². The molecule has 0 spiro atoms. The van der Waals surface area contributed by atoms with E-state index in [4.69, 9.17) is 15.0 Å². The van der Waals surface area contributed by atoms with E-state index in [2.05, 4.69) is 172 Å². The molecular formula is C46H33BN3S. The maximum absolute atomic E-state index is 5.33. The fraction of sp³-hybridized carbons (Fsp3) is 0.0652. The summed E-state index contributed by atoms with van der Waals surface area (Å²) in [6.07, 6.45) is 2.17. The molecule has 0 fully saturated rings. The number of pyridine rings is 1. The third-order valence-electron chi connectivity index (χ3n) is 9.45. The molecule has 3 aromatic heterocycles. The van der Waals surface area contributed by atoms with Crippen molar-refractivity contribution in [1.82, 2.24) is 15.0 Å². The Morgan fingerprint density at radius 3 is 1.96 bits per heavy atom. The molecule has 0 saturated heterocycles. The van der Waals surface area contributed by atoms with E-state index in [9.17, 15) is 0 Å². The van der Waals surface area contributed by atoms with Gasteiger partial charge in [-0.25, -0.2) is 15.0 Å². The smallest absolute Gasteiger partial charge is 0.160 e. The lowest BCUT2D eigenvalue weighted by atomic mass is 9.66. The molecule has 0 saturated carbocycles. The first-order chi connectivity index (χ1) is 25.2. The first-order valence-corrected chi connectivity index (χ1v) is 18.3. The molecule has 241 valence electrons. The number of aromatic nitrogens is 3. The first kappa shape index (κ1) is 31.1. The van der Waals surface area contributed by atoms with Crippen LogP contribution >= 0.6 is 11.3 Å². The number of fused-ring (bicyclic) bond motifs is 5. The van der Waals surface area contributed by atoms with E-state index in [1.54, 1.807) is 0 Å². The van der Waals surface area contributed by atoms with Crippen LogP contribution in [-0.2, 0) is 0 Å². The fourth-order valence-electron chi connectivity index (χ4n) is 6.91. The van der Waals surface area contributed by atoms with E-state index in [1.165, 1.54) is 25.6 Å². The van der Waals surface area contributed by atoms with Gasteiger partial charge >= 0.3 is 0 Å². The van der Waals surface area contributed by atoms with Gasteiger partial charge in [-0.3, -0.25) is 0 Å². The molecule has 9 aromatic rings. The van der Waals surface area contributed by atoms with Crippen molar-refractivity contribution in [1.29, 1.82) is 0 Å². The van der Waals surface area contributed by atoms with Crippen LogP contribution in [0.5, 0.6) is 0 Å². The third kappa shape index (κ3) is 6.00. The molecule has 0 amide bonds. The van der Waals surface area contributed by atoms with E-state index in [0.717, 1.165) is 74.1 Å². The van der Waals surface area contributed by atoms with Gasteiger partial charge < -0.3 is 0 Å². The second-order valence-electron chi connectivity index (χ2n) is 12.9. The van der Waals surface area contributed by atoms with Crippen LogP contribution in [0, 0.1) is 0 Å². The monoisotopic (exact) mass is 670 g/mol. The van der Waals surface area contributed by atoms with Crippen LogP contribution < -0.4 is 5.46 Å². The van der Waals surface area contributed by atoms with Gasteiger partial charge in [0.15, 0.2) is 13.1 Å². The summed E-state index contributed by atoms with van der Waals surface area (Å²) in [5, 5.41) is 3.61. The van der Waals surface area contributed by atoms with E-state index in [0.29, 0.717) is 5.82 Å². The molecule has 0 aliphatic heterocycles. The SMILES string of the molecule is CCC[B]c1cccc(-c2cc(-c3ccccc3)cc(-c3cccc(-c4nc(-c5ccccc5)c5c(ccc6c7ccccc7sc65)n4)c3)n2)c1. The second kappa shape index (κ2) is 13.4. The average Bonchev–Trinajstić information content (AvgIpc) is 3.59. The van der Waals surface area contributed by atoms with Crippen LogP contribution in [0.2, 0.25) is 6.32 Å². The predicted molar refractivity (Wildman–Crippen MR) is 218 cm³/mol. The molecule has 9 rings (SSSR count). The Kier molecular flexibility index (Phi) is 8.19. The van der Waals surface area contributed by atoms with Crippen LogP contribution in [0.1, 0.15) is 13.3 Å². The van der Waals surface area contributed by atoms with E-state index in [-0.39, 0.29) is 0 Å². The van der Waals surface area contributed by atoms with Crippen molar-refractivity contribution < 1.29 is 0 Å². The van der Waals surface area contributed by atoms with Gasteiger partial charge in [-0.05, 0) is 47.0 Å². The standard InChI is InChI=1S/C46H33BN3S/c1-2-25-47-36-20-12-18-33(27-36)41-29-35(30-13-5-3-6-14-30)28-40(48-41)32-17-11-19-34(26-32)46-49-39-24-23-38-37-21-9-10-22-42(37)51-45(38)43(39)44(50-46)31-15-7-4-8-16-31/h3-24,26-29H,2,25H2,1H3. The zero-order chi connectivity index (χ0) is 34.1. The topological polar surface area (TPSA) is 38.7 Å². The summed E-state index contributed by atoms with van der Waals surface area (Å²) in [4.78, 5) is 15.8. The number of thiophene rings is 1. The lowest BCUT2D eigenvalue weighted by molar-refractivity contribution is 1.08. The largest absolute Gasteiger partial charge is 0.248 e. The molecule has 1 radical (unpaired) electrons. The molecule has 0 atom stereocenters. The summed E-state index contributed by atoms with van der Waals surface area (Å²) in [5.74, 6) is 0.697. The molecule has 6 aromatic carbocycles. The molecule has 0 aliphatic rings. The minimum absolute atomic E-state index is 0.697. The number of hydrogen-bond acceptors (Lipinski definition) is 4. The highest BCUT2D eigenvalue weighted by Gasteiger charge is 2.18. The number of nitrogens with zero attached hydrogens (tertiary/aromatic N) is 3. The Labute approximate surface area is 302 Å². The molecule has 0 N–H and O–H groups in total. The van der Waals surface area contributed by atoms with Crippen molar-refractivity contribution >= 4 is 55.2 Å². The maximum Gasteiger partial charge on any atom is 0.160 e. The average molecular weight is 671 g/mol. The lowest BCUT2D eigenvalue weighted by Crippen LogP contribution is -2.13. The molecule has 3 nitrogen and oxygen atoms in total. The van der Waals surface area contributed by atoms with E-state index >= 15 is 0 Å². The van der Waals surface area contributed by atoms with Gasteiger partial charge in [0.2, 0.25) is 0 Å². The molecule has 0 bridgehead atoms. The van der Waals surface area contributed by atoms with Crippen molar-refractivity contribution in [3.63, 3.8) is 0 Å². The quantitative estimate of drug-likeness (QED) is 0.151. The Morgan fingerprint density at radius 1 is 0.510 bits per heavy atom. The zero-order valence-corrected chi connectivity index (χ0v) is 29.1. The van der Waals surface area contributed by atoms with E-state index in [1.807, 2.05) is 11.3 Å². The summed E-state index contributed by atoms with van der Waals surface area (Å²) in [6, 6.07) is 55.6. The van der Waals surface area contributed by atoms with Gasteiger partial charge in [0.05, 0.1) is 22.6 Å². The van der Waals surface area contributed by atoms with Crippen molar-refractivity contribution in [3.05, 3.63) is 158 Å². The third-order valence-corrected chi connectivity index (χ3v) is 10.7. The summed E-state index contributed by atoms with van der Waals surface area (Å²) < 4.78 is 2.49. The highest BCUT2D eigenvalue weighted by atomic mass is 32.1. The van der Waals surface area contributed by atoms with Gasteiger partial charge in [-0.1, -0.05) is 153 Å². The summed E-state index contributed by atoms with van der Waals surface area (Å²) in [7, 11) is 2.30. The summed E-state index contributed by atoms with van der Waals surface area (Å²) >= 11 is 1.81. The first-order valence-electron chi connectivity index (χ1n) is 17.5. The van der Waals surface area contributed by atoms with Crippen LogP contribution in [0.25, 0.3) is 87.4 Å². The van der Waals surface area contributed by atoms with Gasteiger partial charge in [-0.15, -0.1) is 11.3 Å². The maximum atomic E-state index is 5.33. The normalized spacial score (nSPS) is 11.4. The fourth-order valence-corrected chi connectivity index (χ4v) is 8.16. The van der Waals surface area contributed by atoms with Crippen molar-refractivity contribution in [2.24, 2.45) is 0 Å². The van der Waals surface area contributed by atoms with Gasteiger partial charge in [0, 0.05) is 42.2 Å². The highest BCUT2D eigenvalue weighted by Crippen LogP contribution is 2.42. The Balaban J connectivity index is 1.20. The lowest BCUT2D eigenvalue weighted by Gasteiger charge is -2.13. The molecule has 5 heteroatoms. The van der Waals surface area contributed by atoms with Gasteiger partial charge in [0.25, 0.3) is 0 Å². The zero-order valence-electron chi connectivity index (χ0n) is 28.3. The van der Waals surface area contributed by atoms with Gasteiger partial charge in [-0.2, -0.15) is 0 Å². The number of rotatable bonds is 8. The van der Waals surface area contributed by atoms with Crippen LogP contribution in [-0.4, -0.2) is 22.2 Å². The molecule has 0 aliphatic carbocycles. The number of benzene rings is 6. The van der Waals surface area contributed by atoms with Crippen molar-refractivity contribution in [3.8, 4) is 56.3 Å². The number of hydrogen-bond donors (Lipinski definition) is 0.